The van der Waals surface area contributed by atoms with Gasteiger partial charge in [-0.15, -0.1) is 11.6 Å². The molecule has 3 heterocycles. The van der Waals surface area contributed by atoms with Crippen molar-refractivity contribution >= 4 is 82.5 Å². The Balaban J connectivity index is 1.41. The number of carbonyl (C=O) groups excluding carboxylic acids is 12. The van der Waals surface area contributed by atoms with Gasteiger partial charge in [-0.25, -0.2) is 0 Å². The maximum Gasteiger partial charge on any atom is 0.393 e. The molecule has 100 heavy (non-hydrogen) atoms. The summed E-state index contributed by atoms with van der Waals surface area (Å²) in [5, 5.41) is 7.53. The zero-order chi connectivity index (χ0) is 74.4. The van der Waals surface area contributed by atoms with Gasteiger partial charge in [0.25, 0.3) is 0 Å². The Hall–Kier alpha value is -6.32. The van der Waals surface area contributed by atoms with Crippen LogP contribution in [-0.2, 0) is 62.3 Å². The molecule has 1 spiro atoms. The number of alkyl halides is 4. The molecular formula is C71H116ClF3N12O13. The minimum Gasteiger partial charge on any atom is -0.381 e. The SMILES string of the molecule is CC[C@H](C)[C@@H]1NC(=O)[C@H](CC(C)C)N(C)C(=O)C[C@@H](C(=O)N2CCCCC2)N(C)C(=O)[C@H](C(C)C)N(C)C(=O)C2(CCCC2)NC(=O)[C@@H]2CCCN2C(=O)[C@H](CCC2CCC(C(F)(F)F)C(Cl)C2)NC(=O)CN(C)C(=O)[C@H](CC2CCC(OC)CC2)N(C)C(=O)CN(C)C(=O)CN(C)C1=O. The lowest BCUT2D eigenvalue weighted by Gasteiger charge is -2.42. The van der Waals surface area contributed by atoms with Crippen LogP contribution in [0, 0.1) is 35.5 Å². The molecule has 11 atom stereocenters. The number of amides is 12. The zero-order valence-electron chi connectivity index (χ0n) is 61.8. The molecule has 25 nitrogen and oxygen atoms in total. The predicted octanol–water partition coefficient (Wildman–Crippen LogP) is 5.19. The van der Waals surface area contributed by atoms with Gasteiger partial charge in [0.2, 0.25) is 70.9 Å². The molecule has 0 aromatic rings. The number of halogens is 4. The van der Waals surface area contributed by atoms with Crippen molar-refractivity contribution < 1.29 is 75.4 Å². The van der Waals surface area contributed by atoms with Crippen LogP contribution in [0.25, 0.3) is 0 Å². The van der Waals surface area contributed by atoms with E-state index in [4.69, 9.17) is 16.3 Å². The van der Waals surface area contributed by atoms with Crippen molar-refractivity contribution in [3.8, 4) is 0 Å². The fourth-order valence-electron chi connectivity index (χ4n) is 15.8. The first-order valence-corrected chi connectivity index (χ1v) is 36.9. The van der Waals surface area contributed by atoms with E-state index in [-0.39, 0.29) is 94.6 Å². The van der Waals surface area contributed by atoms with Crippen LogP contribution < -0.4 is 16.0 Å². The first kappa shape index (κ1) is 82.6. The Morgan fingerprint density at radius 3 is 1.80 bits per heavy atom. The molecule has 3 N–H and O–H groups in total. The van der Waals surface area contributed by atoms with Crippen molar-refractivity contribution in [2.24, 2.45) is 35.5 Å². The topological polar surface area (TPSA) is 279 Å². The van der Waals surface area contributed by atoms with Crippen molar-refractivity contribution in [1.29, 1.82) is 0 Å². The average molecular weight is 1440 g/mol. The van der Waals surface area contributed by atoms with Crippen LogP contribution in [-0.4, -0.2) is 276 Å². The van der Waals surface area contributed by atoms with E-state index in [0.29, 0.717) is 77.3 Å². The monoisotopic (exact) mass is 1440 g/mol. The standard InChI is InChI=1S/C71H116ClF3N12O13/c1-15-45(6)60-67(97)81(9)41-58(90)79(7)42-59(91)83(11)54(38-47-23-27-48(100-14)28-24-47)65(95)80(8)40-56(88)76-51(30-26-46-25-29-49(50(72)37-46)71(73,74)75)64(94)87-35-21-22-52(87)63(93)78-70(31-17-18-32-70)69(99)85(13)61(44(4)5)68(98)84(12)55(66(96)86-33-19-16-20-34-86)39-57(89)82(10)53(36-43(2)3)62(92)77-60/h43-55,60-61H,15-42H2,1-14H3,(H,76,88)(H,77,92)(H,78,93)/t45-,46?,47?,48?,49?,50?,51-,52-,53-,54-,55-,60-,61-/m0/s1. The van der Waals surface area contributed by atoms with Crippen LogP contribution in [0.4, 0.5) is 13.2 Å². The molecule has 6 rings (SSSR count). The highest BCUT2D eigenvalue weighted by atomic mass is 35.5. The molecule has 0 aromatic carbocycles. The number of nitrogens with zero attached hydrogens (tertiary/aromatic N) is 9. The first-order chi connectivity index (χ1) is 47.0. The third kappa shape index (κ3) is 21.0. The van der Waals surface area contributed by atoms with Crippen LogP contribution in [0.5, 0.6) is 0 Å². The van der Waals surface area contributed by atoms with Gasteiger partial charge in [0.1, 0.15) is 47.8 Å². The molecule has 3 unspecified atom stereocenters. The lowest BCUT2D eigenvalue weighted by molar-refractivity contribution is -0.182. The number of likely N-dealkylation sites (N-methyl/N-ethyl adjacent to an activating group) is 7. The zero-order valence-corrected chi connectivity index (χ0v) is 62.6. The van der Waals surface area contributed by atoms with Gasteiger partial charge < -0.3 is 64.8 Å². The Morgan fingerprint density at radius 1 is 0.620 bits per heavy atom. The van der Waals surface area contributed by atoms with Gasteiger partial charge in [-0.05, 0) is 145 Å². The van der Waals surface area contributed by atoms with Crippen LogP contribution in [0.2, 0.25) is 0 Å². The highest BCUT2D eigenvalue weighted by Crippen LogP contribution is 2.44. The quantitative estimate of drug-likeness (QED) is 0.213. The van der Waals surface area contributed by atoms with E-state index in [0.717, 1.165) is 21.1 Å². The number of carbonyl (C=O) groups is 12. The summed E-state index contributed by atoms with van der Waals surface area (Å²) in [4.78, 5) is 190. The second kappa shape index (κ2) is 36.7. The lowest BCUT2D eigenvalue weighted by atomic mass is 9.78. The number of nitrogens with one attached hydrogen (secondary N) is 3. The number of fused-ring (bicyclic) bond motifs is 1. The molecule has 3 aliphatic carbocycles. The fourth-order valence-corrected chi connectivity index (χ4v) is 16.3. The third-order valence-electron chi connectivity index (χ3n) is 22.4. The van der Waals surface area contributed by atoms with Gasteiger partial charge in [-0.1, -0.05) is 60.8 Å². The summed E-state index contributed by atoms with van der Waals surface area (Å²) in [5.74, 6) is -11.2. The molecule has 6 fully saturated rings. The minimum absolute atomic E-state index is 0.00226. The third-order valence-corrected chi connectivity index (χ3v) is 22.9. The Kier molecular flexibility index (Phi) is 30.3. The number of rotatable bonds is 12. The maximum atomic E-state index is 15.4. The predicted molar refractivity (Wildman–Crippen MR) is 369 cm³/mol. The minimum atomic E-state index is -4.51. The normalized spacial score (nSPS) is 30.4. The smallest absolute Gasteiger partial charge is 0.381 e. The molecule has 29 heteroatoms. The van der Waals surface area contributed by atoms with Crippen molar-refractivity contribution in [2.45, 2.75) is 248 Å². The first-order valence-electron chi connectivity index (χ1n) is 36.5. The highest BCUT2D eigenvalue weighted by molar-refractivity contribution is 6.21. The molecule has 0 radical (unpaired) electrons. The van der Waals surface area contributed by atoms with E-state index < -0.39 is 174 Å². The van der Waals surface area contributed by atoms with Gasteiger partial charge >= 0.3 is 6.18 Å². The summed E-state index contributed by atoms with van der Waals surface area (Å²) in [5.41, 5.74) is -1.57. The van der Waals surface area contributed by atoms with E-state index in [1.54, 1.807) is 32.8 Å². The summed E-state index contributed by atoms with van der Waals surface area (Å²) in [7, 11) is 11.5. The maximum absolute atomic E-state index is 15.4. The highest BCUT2D eigenvalue weighted by Gasteiger charge is 2.52. The average Bonchev–Trinajstić information content (AvgIpc) is 1.66. The molecule has 3 aliphatic heterocycles. The summed E-state index contributed by atoms with van der Waals surface area (Å²) in [6, 6.07) is -8.74. The van der Waals surface area contributed by atoms with Gasteiger partial charge in [0, 0.05) is 81.5 Å². The summed E-state index contributed by atoms with van der Waals surface area (Å²) >= 11 is 6.40. The van der Waals surface area contributed by atoms with Crippen LogP contribution in [0.3, 0.4) is 0 Å². The van der Waals surface area contributed by atoms with E-state index in [1.165, 1.54) is 73.8 Å². The van der Waals surface area contributed by atoms with E-state index >= 15 is 19.2 Å². The largest absolute Gasteiger partial charge is 0.393 e. The van der Waals surface area contributed by atoms with Crippen LogP contribution >= 0.6 is 11.6 Å². The van der Waals surface area contributed by atoms with Gasteiger partial charge in [0.05, 0.1) is 38.1 Å². The molecule has 6 aliphatic rings. The van der Waals surface area contributed by atoms with Crippen molar-refractivity contribution in [2.75, 3.05) is 95.7 Å². The summed E-state index contributed by atoms with van der Waals surface area (Å²) < 4.78 is 47.6. The number of hydrogen-bond acceptors (Lipinski definition) is 13. The van der Waals surface area contributed by atoms with Crippen molar-refractivity contribution in [1.82, 2.24) is 60.0 Å². The molecule has 12 amide bonds. The molecule has 0 aromatic heterocycles. The van der Waals surface area contributed by atoms with E-state index in [9.17, 15) is 51.5 Å². The molecular weight excluding hydrogens is 1320 g/mol. The Labute approximate surface area is 595 Å². The number of likely N-dealkylation sites (tertiary alicyclic amines) is 1. The molecule has 566 valence electrons. The second-order valence-corrected chi connectivity index (χ2v) is 31.0. The summed E-state index contributed by atoms with van der Waals surface area (Å²) in [6.07, 6.45) is 2.42. The van der Waals surface area contributed by atoms with E-state index in [1.807, 2.05) is 20.8 Å². The van der Waals surface area contributed by atoms with Gasteiger partial charge in [0.15, 0.2) is 0 Å². The van der Waals surface area contributed by atoms with Crippen LogP contribution in [0.1, 0.15) is 183 Å². The van der Waals surface area contributed by atoms with Crippen molar-refractivity contribution in [3.63, 3.8) is 0 Å². The Morgan fingerprint density at radius 2 is 1.22 bits per heavy atom. The molecule has 0 bridgehead atoms. The van der Waals surface area contributed by atoms with Gasteiger partial charge in [-0.2, -0.15) is 13.2 Å². The number of ether oxygens (including phenoxy) is 1. The lowest BCUT2D eigenvalue weighted by Crippen LogP contribution is -2.65. The van der Waals surface area contributed by atoms with Crippen LogP contribution in [0.15, 0.2) is 0 Å². The van der Waals surface area contributed by atoms with Gasteiger partial charge in [-0.3, -0.25) is 57.5 Å². The summed E-state index contributed by atoms with van der Waals surface area (Å²) in [6.45, 7) is 9.89. The number of hydrogen-bond donors (Lipinski definition) is 3. The van der Waals surface area contributed by atoms with Crippen molar-refractivity contribution in [3.05, 3.63) is 0 Å². The second-order valence-electron chi connectivity index (χ2n) is 30.5. The number of methoxy groups -OCH3 is 1. The number of piperidine rings is 1. The molecule has 3 saturated heterocycles. The fraction of sp³-hybridized carbons (Fsp3) is 0.831. The molecule has 3 saturated carbocycles. The Bertz CT molecular complexity index is 2890. The van der Waals surface area contributed by atoms with E-state index in [2.05, 4.69) is 16.0 Å².